The minimum atomic E-state index is -4.66. The topological polar surface area (TPSA) is 100 Å². The van der Waals surface area contributed by atoms with Gasteiger partial charge in [0.15, 0.2) is 11.6 Å². The van der Waals surface area contributed by atoms with Crippen LogP contribution in [0.15, 0.2) is 48.7 Å². The van der Waals surface area contributed by atoms with E-state index in [1.165, 1.54) is 18.3 Å². The number of hydrazine groups is 2. The highest BCUT2D eigenvalue weighted by Gasteiger charge is 2.43. The second-order valence-corrected chi connectivity index (χ2v) is 6.47. The van der Waals surface area contributed by atoms with Gasteiger partial charge < -0.3 is 10.1 Å². The molecule has 0 aliphatic carbocycles. The van der Waals surface area contributed by atoms with Gasteiger partial charge in [0.25, 0.3) is 5.91 Å². The molecule has 0 radical (unpaired) electrons. The van der Waals surface area contributed by atoms with Crippen LogP contribution in [0.4, 0.5) is 39.1 Å². The van der Waals surface area contributed by atoms with Crippen molar-refractivity contribution < 1.29 is 31.5 Å². The number of hydrogen-bond acceptors (Lipinski definition) is 7. The minimum absolute atomic E-state index is 0.0997. The highest BCUT2D eigenvalue weighted by atomic mass is 19.3. The molecule has 166 valence electrons. The van der Waals surface area contributed by atoms with Crippen molar-refractivity contribution in [2.75, 3.05) is 16.2 Å². The molecule has 1 aliphatic rings. The predicted molar refractivity (Wildman–Crippen MR) is 104 cm³/mol. The fraction of sp³-hybridized carbons (Fsp3) is 0.105. The van der Waals surface area contributed by atoms with E-state index < -0.39 is 30.0 Å². The lowest BCUT2D eigenvalue weighted by molar-refractivity contribution is -0.253. The summed E-state index contributed by atoms with van der Waals surface area (Å²) in [6, 6.07) is 7.95. The molecule has 1 aromatic heterocycles. The van der Waals surface area contributed by atoms with E-state index in [4.69, 9.17) is 0 Å². The summed E-state index contributed by atoms with van der Waals surface area (Å²) in [7, 11) is 0. The van der Waals surface area contributed by atoms with Crippen LogP contribution < -0.4 is 26.4 Å². The van der Waals surface area contributed by atoms with Crippen LogP contribution in [-0.2, 0) is 0 Å². The Morgan fingerprint density at radius 1 is 1.09 bits per heavy atom. The summed E-state index contributed by atoms with van der Waals surface area (Å²) in [6.45, 7) is 0. The number of nitrogens with zero attached hydrogens (tertiary/aromatic N) is 2. The molecule has 3 aromatic rings. The maximum absolute atomic E-state index is 14.3. The molecule has 0 saturated heterocycles. The first kappa shape index (κ1) is 21.2. The van der Waals surface area contributed by atoms with E-state index in [9.17, 15) is 26.7 Å². The molecule has 0 atom stereocenters. The van der Waals surface area contributed by atoms with E-state index in [2.05, 4.69) is 36.4 Å². The molecule has 1 aliphatic heterocycles. The Bertz CT molecular complexity index is 1160. The highest BCUT2D eigenvalue weighted by molar-refractivity contribution is 6.05. The summed E-state index contributed by atoms with van der Waals surface area (Å²) in [4.78, 5) is 20.9. The summed E-state index contributed by atoms with van der Waals surface area (Å²) in [5.41, 5.74) is 8.91. The van der Waals surface area contributed by atoms with Gasteiger partial charge in [-0.2, -0.15) is 17.6 Å². The van der Waals surface area contributed by atoms with E-state index in [1.54, 1.807) is 0 Å². The zero-order valence-electron chi connectivity index (χ0n) is 15.8. The fourth-order valence-electron chi connectivity index (χ4n) is 2.71. The zero-order chi connectivity index (χ0) is 22.9. The van der Waals surface area contributed by atoms with Gasteiger partial charge in [-0.25, -0.2) is 14.4 Å². The number of aromatic nitrogens is 2. The maximum atomic E-state index is 14.3. The first-order valence-electron chi connectivity index (χ1n) is 8.93. The minimum Gasteiger partial charge on any atom is -0.428 e. The Labute approximate surface area is 176 Å². The molecule has 32 heavy (non-hydrogen) atoms. The third-order valence-corrected chi connectivity index (χ3v) is 4.26. The molecule has 0 spiro atoms. The average Bonchev–Trinajstić information content (AvgIpc) is 3.23. The van der Waals surface area contributed by atoms with Crippen molar-refractivity contribution in [3.05, 3.63) is 60.0 Å². The van der Waals surface area contributed by atoms with Gasteiger partial charge in [0.2, 0.25) is 0 Å². The molecule has 2 aromatic carbocycles. The summed E-state index contributed by atoms with van der Waals surface area (Å²) < 4.78 is 68.5. The maximum Gasteiger partial charge on any atom is 0.461 e. The Kier molecular flexibility index (Phi) is 5.48. The molecule has 4 N–H and O–H groups in total. The van der Waals surface area contributed by atoms with Gasteiger partial charge in [-0.05, 0) is 42.5 Å². The second-order valence-electron chi connectivity index (χ2n) is 6.47. The zero-order valence-corrected chi connectivity index (χ0v) is 15.8. The van der Waals surface area contributed by atoms with Gasteiger partial charge in [0.1, 0.15) is 17.3 Å². The van der Waals surface area contributed by atoms with Crippen molar-refractivity contribution >= 4 is 23.1 Å². The quantitative estimate of drug-likeness (QED) is 0.419. The number of alkyl halides is 4. The third-order valence-electron chi connectivity index (χ3n) is 4.26. The molecule has 0 bridgehead atoms. The lowest BCUT2D eigenvalue weighted by Crippen LogP contribution is -2.33. The monoisotopic (exact) mass is 452 g/mol. The van der Waals surface area contributed by atoms with Gasteiger partial charge >= 0.3 is 12.5 Å². The molecule has 0 saturated carbocycles. The number of carbonyl (C=O) groups is 1. The number of rotatable bonds is 6. The number of hydrogen-bond donors (Lipinski definition) is 4. The van der Waals surface area contributed by atoms with Gasteiger partial charge in [0, 0.05) is 11.3 Å². The average molecular weight is 452 g/mol. The molecule has 2 heterocycles. The third kappa shape index (κ3) is 4.37. The second kappa shape index (κ2) is 8.26. The molecular formula is C19H13F5N6O2. The Balaban J connectivity index is 1.50. The molecular weight excluding hydrogens is 439 g/mol. The lowest BCUT2D eigenvalue weighted by atomic mass is 10.1. The van der Waals surface area contributed by atoms with E-state index in [-0.39, 0.29) is 17.1 Å². The fourth-order valence-corrected chi connectivity index (χ4v) is 2.71. The van der Waals surface area contributed by atoms with Crippen LogP contribution in [0.25, 0.3) is 11.4 Å². The summed E-state index contributed by atoms with van der Waals surface area (Å²) in [5.74, 6) is -1.49. The van der Waals surface area contributed by atoms with Gasteiger partial charge in [-0.15, -0.1) is 5.53 Å². The Morgan fingerprint density at radius 3 is 2.56 bits per heavy atom. The molecule has 0 unspecified atom stereocenters. The standard InChI is InChI=1S/C19H13F5N6O2/c20-13-6-1-9(15-25-8-14-16(27-15)29-30-28-14)7-12(13)17(31)26-10-2-4-11(5-3-10)32-19(23,24)18(21)22/h1-8,18,28,30H,(H,26,31)(H,25,27,29). The van der Waals surface area contributed by atoms with Crippen LogP contribution >= 0.6 is 0 Å². The van der Waals surface area contributed by atoms with Crippen LogP contribution in [0.5, 0.6) is 5.75 Å². The number of carbonyl (C=O) groups excluding carboxylic acids is 1. The Hall–Kier alpha value is -4.00. The number of fused-ring (bicyclic) bond motifs is 1. The summed E-state index contributed by atoms with van der Waals surface area (Å²) in [6.07, 6.45) is -7.17. The van der Waals surface area contributed by atoms with Crippen molar-refractivity contribution in [3.8, 4) is 17.1 Å². The predicted octanol–water partition coefficient (Wildman–Crippen LogP) is 4.03. The number of nitrogens with one attached hydrogen (secondary N) is 4. The number of halogens is 5. The van der Waals surface area contributed by atoms with Crippen molar-refractivity contribution in [1.29, 1.82) is 0 Å². The van der Waals surface area contributed by atoms with E-state index in [0.29, 0.717) is 17.1 Å². The Morgan fingerprint density at radius 2 is 1.84 bits per heavy atom. The van der Waals surface area contributed by atoms with Crippen molar-refractivity contribution in [2.45, 2.75) is 12.5 Å². The molecule has 8 nitrogen and oxygen atoms in total. The highest BCUT2D eigenvalue weighted by Crippen LogP contribution is 2.29. The molecule has 13 heteroatoms. The van der Waals surface area contributed by atoms with E-state index >= 15 is 0 Å². The number of amides is 1. The number of anilines is 3. The SMILES string of the molecule is O=C(Nc1ccc(OC(F)(F)C(F)F)cc1)c1cc(-c2ncc3c(n2)NNN3)ccc1F. The number of benzene rings is 2. The first-order chi connectivity index (χ1) is 15.2. The largest absolute Gasteiger partial charge is 0.461 e. The van der Waals surface area contributed by atoms with Gasteiger partial charge in [-0.3, -0.25) is 15.6 Å². The summed E-state index contributed by atoms with van der Waals surface area (Å²) in [5, 5.41) is 2.39. The van der Waals surface area contributed by atoms with Crippen molar-refractivity contribution in [1.82, 2.24) is 15.5 Å². The number of ether oxygens (including phenoxy) is 1. The molecule has 4 rings (SSSR count). The van der Waals surface area contributed by atoms with Crippen LogP contribution in [0.3, 0.4) is 0 Å². The molecule has 1 amide bonds. The van der Waals surface area contributed by atoms with Gasteiger partial charge in [-0.1, -0.05) is 0 Å². The lowest BCUT2D eigenvalue weighted by Gasteiger charge is -2.17. The van der Waals surface area contributed by atoms with Crippen molar-refractivity contribution in [2.24, 2.45) is 0 Å². The summed E-state index contributed by atoms with van der Waals surface area (Å²) >= 11 is 0. The van der Waals surface area contributed by atoms with Gasteiger partial charge in [0.05, 0.1) is 11.8 Å². The van der Waals surface area contributed by atoms with Crippen LogP contribution in [0.1, 0.15) is 10.4 Å². The normalized spacial score (nSPS) is 12.7. The van der Waals surface area contributed by atoms with E-state index in [1.807, 2.05) is 0 Å². The van der Waals surface area contributed by atoms with Crippen LogP contribution in [-0.4, -0.2) is 28.4 Å². The van der Waals surface area contributed by atoms with Crippen LogP contribution in [0.2, 0.25) is 0 Å². The molecule has 0 fully saturated rings. The van der Waals surface area contributed by atoms with Crippen molar-refractivity contribution in [3.63, 3.8) is 0 Å². The van der Waals surface area contributed by atoms with E-state index in [0.717, 1.165) is 30.3 Å². The van der Waals surface area contributed by atoms with Crippen LogP contribution in [0, 0.1) is 5.82 Å². The smallest absolute Gasteiger partial charge is 0.428 e. The first-order valence-corrected chi connectivity index (χ1v) is 8.93.